The predicted molar refractivity (Wildman–Crippen MR) is 84.3 cm³/mol. The van der Waals surface area contributed by atoms with E-state index in [9.17, 15) is 13.2 Å². The summed E-state index contributed by atoms with van der Waals surface area (Å²) in [6, 6.07) is 11.8. The predicted octanol–water partition coefficient (Wildman–Crippen LogP) is 4.62. The van der Waals surface area contributed by atoms with E-state index < -0.39 is 11.7 Å². The maximum atomic E-state index is 12.7. The highest BCUT2D eigenvalue weighted by Gasteiger charge is 2.31. The number of hydrogen-bond donors (Lipinski definition) is 1. The van der Waals surface area contributed by atoms with Gasteiger partial charge < -0.3 is 5.32 Å². The van der Waals surface area contributed by atoms with Crippen LogP contribution >= 0.6 is 0 Å². The third-order valence-corrected chi connectivity index (χ3v) is 5.08. The van der Waals surface area contributed by atoms with E-state index in [1.807, 2.05) is 6.07 Å². The van der Waals surface area contributed by atoms with Crippen LogP contribution in [0.3, 0.4) is 0 Å². The number of hydrogen-bond acceptors (Lipinski definition) is 1. The monoisotopic (exact) mass is 317 g/mol. The lowest BCUT2D eigenvalue weighted by Crippen LogP contribution is -2.39. The number of halogens is 3. The molecule has 0 saturated carbocycles. The van der Waals surface area contributed by atoms with Crippen LogP contribution in [0.1, 0.15) is 29.0 Å². The van der Waals surface area contributed by atoms with Gasteiger partial charge >= 0.3 is 6.18 Å². The van der Waals surface area contributed by atoms with Gasteiger partial charge in [0.25, 0.3) is 0 Å². The zero-order chi connectivity index (χ0) is 16.0. The van der Waals surface area contributed by atoms with Gasteiger partial charge in [0.2, 0.25) is 0 Å². The Bertz CT molecular complexity index is 718. The van der Waals surface area contributed by atoms with E-state index >= 15 is 0 Å². The lowest BCUT2D eigenvalue weighted by molar-refractivity contribution is -0.137. The number of fused-ring (bicyclic) bond motifs is 4. The van der Waals surface area contributed by atoms with Crippen LogP contribution in [0.15, 0.2) is 42.5 Å². The molecule has 0 radical (unpaired) electrons. The van der Waals surface area contributed by atoms with E-state index in [0.29, 0.717) is 11.8 Å². The molecule has 2 unspecified atom stereocenters. The van der Waals surface area contributed by atoms with Crippen LogP contribution in [0, 0.1) is 5.92 Å². The molecule has 4 heteroatoms. The van der Waals surface area contributed by atoms with Crippen molar-refractivity contribution in [2.45, 2.75) is 24.9 Å². The smallest absolute Gasteiger partial charge is 0.316 e. The largest absolute Gasteiger partial charge is 0.416 e. The maximum Gasteiger partial charge on any atom is 0.416 e. The van der Waals surface area contributed by atoms with E-state index in [-0.39, 0.29) is 0 Å². The number of rotatable bonds is 1. The molecule has 2 aromatic carbocycles. The molecule has 1 aliphatic carbocycles. The van der Waals surface area contributed by atoms with Crippen LogP contribution in [0.5, 0.6) is 0 Å². The van der Waals surface area contributed by atoms with Crippen molar-refractivity contribution in [3.63, 3.8) is 0 Å². The summed E-state index contributed by atoms with van der Waals surface area (Å²) in [6.07, 6.45) is -1.97. The summed E-state index contributed by atoms with van der Waals surface area (Å²) in [7, 11) is 0. The fourth-order valence-corrected chi connectivity index (χ4v) is 3.95. The van der Waals surface area contributed by atoms with Crippen LogP contribution < -0.4 is 5.32 Å². The van der Waals surface area contributed by atoms with Gasteiger partial charge in [0.15, 0.2) is 0 Å². The summed E-state index contributed by atoms with van der Waals surface area (Å²) in [6.45, 7) is 2.10. The molecule has 0 amide bonds. The summed E-state index contributed by atoms with van der Waals surface area (Å²) in [5.74, 6) is 1.27. The Morgan fingerprint density at radius 1 is 0.913 bits per heavy atom. The molecule has 23 heavy (non-hydrogen) atoms. The Morgan fingerprint density at radius 2 is 1.65 bits per heavy atom. The van der Waals surface area contributed by atoms with Crippen molar-refractivity contribution in [1.82, 2.24) is 5.32 Å². The molecular weight excluding hydrogens is 299 g/mol. The summed E-state index contributed by atoms with van der Waals surface area (Å²) < 4.78 is 38.0. The topological polar surface area (TPSA) is 12.0 Å². The molecule has 0 aromatic heterocycles. The number of nitrogens with one attached hydrogen (secondary N) is 1. The van der Waals surface area contributed by atoms with Crippen molar-refractivity contribution in [2.24, 2.45) is 5.92 Å². The standard InChI is InChI=1S/C19H18F3N/c20-19(21,22)17-4-1-13(2-5-17)14-3-6-18-15(9-14)7-12-8-16(18)11-23-10-12/h1-6,9,12,16,23H,7-8,10-11H2. The van der Waals surface area contributed by atoms with Crippen molar-refractivity contribution in [3.8, 4) is 11.1 Å². The van der Waals surface area contributed by atoms with Gasteiger partial charge in [0.1, 0.15) is 0 Å². The van der Waals surface area contributed by atoms with E-state index in [1.54, 1.807) is 12.1 Å². The highest BCUT2D eigenvalue weighted by molar-refractivity contribution is 5.66. The SMILES string of the molecule is FC(F)(F)c1ccc(-c2ccc3c(c2)CC2CNCC3C2)cc1. The van der Waals surface area contributed by atoms with Crippen LogP contribution in [0.4, 0.5) is 13.2 Å². The van der Waals surface area contributed by atoms with Crippen LogP contribution in [-0.4, -0.2) is 13.1 Å². The molecule has 1 saturated heterocycles. The molecule has 2 atom stereocenters. The fraction of sp³-hybridized carbons (Fsp3) is 0.368. The Kier molecular flexibility index (Phi) is 3.45. The van der Waals surface area contributed by atoms with Gasteiger partial charge in [-0.1, -0.05) is 30.3 Å². The molecule has 4 rings (SSSR count). The molecule has 120 valence electrons. The average Bonchev–Trinajstić information content (AvgIpc) is 2.54. The van der Waals surface area contributed by atoms with Gasteiger partial charge in [0, 0.05) is 6.54 Å². The minimum atomic E-state index is -4.28. The summed E-state index contributed by atoms with van der Waals surface area (Å²) >= 11 is 0. The zero-order valence-electron chi connectivity index (χ0n) is 12.7. The third kappa shape index (κ3) is 2.76. The van der Waals surface area contributed by atoms with Gasteiger partial charge in [-0.05, 0) is 65.6 Å². The summed E-state index contributed by atoms with van der Waals surface area (Å²) in [5, 5.41) is 3.49. The highest BCUT2D eigenvalue weighted by atomic mass is 19.4. The first-order valence-corrected chi connectivity index (χ1v) is 8.02. The normalized spacial score (nSPS) is 23.4. The van der Waals surface area contributed by atoms with E-state index in [4.69, 9.17) is 0 Å². The zero-order valence-corrected chi connectivity index (χ0v) is 12.7. The van der Waals surface area contributed by atoms with Crippen molar-refractivity contribution >= 4 is 0 Å². The average molecular weight is 317 g/mol. The minimum absolute atomic E-state index is 0.583. The molecule has 2 aliphatic rings. The second-order valence-electron chi connectivity index (χ2n) is 6.65. The van der Waals surface area contributed by atoms with E-state index in [2.05, 4.69) is 17.4 Å². The maximum absolute atomic E-state index is 12.7. The molecule has 1 nitrogen and oxygen atoms in total. The first kappa shape index (κ1) is 14.8. The first-order valence-electron chi connectivity index (χ1n) is 8.02. The molecule has 1 aliphatic heterocycles. The second kappa shape index (κ2) is 5.38. The molecular formula is C19H18F3N. The second-order valence-corrected chi connectivity index (χ2v) is 6.65. The lowest BCUT2D eigenvalue weighted by atomic mass is 9.74. The molecule has 1 N–H and O–H groups in total. The van der Waals surface area contributed by atoms with Gasteiger partial charge in [-0.3, -0.25) is 0 Å². The molecule has 2 aromatic rings. The van der Waals surface area contributed by atoms with Crippen LogP contribution in [0.2, 0.25) is 0 Å². The fourth-order valence-electron chi connectivity index (χ4n) is 3.95. The van der Waals surface area contributed by atoms with Gasteiger partial charge in [0.05, 0.1) is 5.56 Å². The lowest BCUT2D eigenvalue weighted by Gasteiger charge is -2.37. The Hall–Kier alpha value is -1.81. The van der Waals surface area contributed by atoms with Crippen molar-refractivity contribution < 1.29 is 13.2 Å². The van der Waals surface area contributed by atoms with Crippen LogP contribution in [-0.2, 0) is 12.6 Å². The van der Waals surface area contributed by atoms with E-state index in [0.717, 1.165) is 42.8 Å². The quantitative estimate of drug-likeness (QED) is 0.809. The summed E-state index contributed by atoms with van der Waals surface area (Å²) in [4.78, 5) is 0. The molecule has 0 spiro atoms. The molecule has 1 heterocycles. The molecule has 1 fully saturated rings. The van der Waals surface area contributed by atoms with Crippen molar-refractivity contribution in [3.05, 3.63) is 59.2 Å². The van der Waals surface area contributed by atoms with Gasteiger partial charge in [-0.2, -0.15) is 13.2 Å². The van der Waals surface area contributed by atoms with Gasteiger partial charge in [-0.15, -0.1) is 0 Å². The Balaban J connectivity index is 1.67. The third-order valence-electron chi connectivity index (χ3n) is 5.08. The number of piperidine rings is 1. The first-order chi connectivity index (χ1) is 11.0. The number of alkyl halides is 3. The van der Waals surface area contributed by atoms with Crippen LogP contribution in [0.25, 0.3) is 11.1 Å². The highest BCUT2D eigenvalue weighted by Crippen LogP contribution is 2.38. The minimum Gasteiger partial charge on any atom is -0.316 e. The molecule has 2 bridgehead atoms. The summed E-state index contributed by atoms with van der Waals surface area (Å²) in [5.41, 5.74) is 4.02. The van der Waals surface area contributed by atoms with Gasteiger partial charge in [-0.25, -0.2) is 0 Å². The van der Waals surface area contributed by atoms with Crippen molar-refractivity contribution in [1.29, 1.82) is 0 Å². The van der Waals surface area contributed by atoms with Crippen molar-refractivity contribution in [2.75, 3.05) is 13.1 Å². The Labute approximate surface area is 133 Å². The number of benzene rings is 2. The Morgan fingerprint density at radius 3 is 2.39 bits per heavy atom. The van der Waals surface area contributed by atoms with E-state index in [1.165, 1.54) is 17.5 Å².